The minimum Gasteiger partial charge on any atom is -0.393 e. The van der Waals surface area contributed by atoms with Crippen LogP contribution in [0, 0.1) is 5.92 Å². The molecule has 96 valence electrons. The molecule has 2 aliphatic rings. The van der Waals surface area contributed by atoms with Crippen molar-refractivity contribution in [2.24, 2.45) is 5.92 Å². The minimum atomic E-state index is -0.316. The number of aliphatic hydroxyl groups excluding tert-OH is 1. The van der Waals surface area contributed by atoms with Crippen LogP contribution in [-0.2, 0) is 9.59 Å². The second kappa shape index (κ2) is 5.14. The van der Waals surface area contributed by atoms with E-state index < -0.39 is 0 Å². The van der Waals surface area contributed by atoms with Gasteiger partial charge in [0.1, 0.15) is 0 Å². The van der Waals surface area contributed by atoms with Gasteiger partial charge in [0.05, 0.1) is 12.6 Å². The molecule has 0 aromatic heterocycles. The number of carbonyl (C=O) groups is 2. The zero-order valence-electron chi connectivity index (χ0n) is 10.3. The first-order chi connectivity index (χ1) is 8.08. The van der Waals surface area contributed by atoms with Crippen LogP contribution in [0.1, 0.15) is 26.2 Å². The molecule has 0 radical (unpaired) electrons. The van der Waals surface area contributed by atoms with Crippen LogP contribution in [0.3, 0.4) is 0 Å². The predicted octanol–water partition coefficient (Wildman–Crippen LogP) is -0.162. The van der Waals surface area contributed by atoms with Gasteiger partial charge in [0.15, 0.2) is 0 Å². The van der Waals surface area contributed by atoms with Gasteiger partial charge in [0.2, 0.25) is 11.8 Å². The van der Waals surface area contributed by atoms with Crippen molar-refractivity contribution < 1.29 is 14.7 Å². The minimum absolute atomic E-state index is 0.0405. The van der Waals surface area contributed by atoms with Crippen LogP contribution >= 0.6 is 0 Å². The Morgan fingerprint density at radius 2 is 2.29 bits per heavy atom. The number of hydrogen-bond donors (Lipinski definition) is 1. The van der Waals surface area contributed by atoms with Gasteiger partial charge in [-0.2, -0.15) is 0 Å². The number of amides is 2. The number of imide groups is 1. The van der Waals surface area contributed by atoms with E-state index in [4.69, 9.17) is 0 Å². The molecule has 2 rings (SSSR count). The van der Waals surface area contributed by atoms with Crippen molar-refractivity contribution in [1.29, 1.82) is 0 Å². The van der Waals surface area contributed by atoms with Crippen LogP contribution in [0.25, 0.3) is 0 Å². The van der Waals surface area contributed by atoms with E-state index in [-0.39, 0.29) is 23.8 Å². The van der Waals surface area contributed by atoms with Gasteiger partial charge in [-0.15, -0.1) is 0 Å². The summed E-state index contributed by atoms with van der Waals surface area (Å²) >= 11 is 0. The summed E-state index contributed by atoms with van der Waals surface area (Å²) in [6, 6.07) is 0. The number of aliphatic hydroxyl groups is 1. The Labute approximate surface area is 101 Å². The molecule has 0 aliphatic carbocycles. The van der Waals surface area contributed by atoms with E-state index in [2.05, 4.69) is 0 Å². The van der Waals surface area contributed by atoms with Crippen LogP contribution in [0.2, 0.25) is 0 Å². The lowest BCUT2D eigenvalue weighted by Gasteiger charge is -2.20. The molecule has 0 aromatic carbocycles. The highest BCUT2D eigenvalue weighted by molar-refractivity contribution is 5.97. The van der Waals surface area contributed by atoms with E-state index >= 15 is 0 Å². The van der Waals surface area contributed by atoms with Crippen LogP contribution in [-0.4, -0.2) is 59.0 Å². The Morgan fingerprint density at radius 1 is 1.53 bits per heavy atom. The maximum Gasteiger partial charge on any atom is 0.243 e. The quantitative estimate of drug-likeness (QED) is 0.744. The Morgan fingerprint density at radius 3 is 2.82 bits per heavy atom. The fourth-order valence-corrected chi connectivity index (χ4v) is 2.59. The molecule has 0 bridgehead atoms. The van der Waals surface area contributed by atoms with Crippen LogP contribution in [0.15, 0.2) is 0 Å². The molecule has 2 fully saturated rings. The lowest BCUT2D eigenvalue weighted by molar-refractivity contribution is -0.142. The third-order valence-corrected chi connectivity index (χ3v) is 3.72. The summed E-state index contributed by atoms with van der Waals surface area (Å²) in [5.74, 6) is 0.136. The van der Waals surface area contributed by atoms with Crippen molar-refractivity contribution in [2.45, 2.75) is 32.3 Å². The van der Waals surface area contributed by atoms with Crippen molar-refractivity contribution >= 4 is 11.8 Å². The molecule has 1 N–H and O–H groups in total. The number of nitrogens with zero attached hydrogens (tertiary/aromatic N) is 2. The van der Waals surface area contributed by atoms with Gasteiger partial charge in [-0.3, -0.25) is 19.4 Å². The Hall–Kier alpha value is -0.940. The fraction of sp³-hybridized carbons (Fsp3) is 0.833. The van der Waals surface area contributed by atoms with Gasteiger partial charge in [0, 0.05) is 19.5 Å². The summed E-state index contributed by atoms with van der Waals surface area (Å²) in [4.78, 5) is 26.7. The van der Waals surface area contributed by atoms with E-state index in [1.54, 1.807) is 6.92 Å². The van der Waals surface area contributed by atoms with Crippen LogP contribution in [0.5, 0.6) is 0 Å². The summed E-state index contributed by atoms with van der Waals surface area (Å²) in [6.07, 6.45) is 1.91. The lowest BCUT2D eigenvalue weighted by Crippen LogP contribution is -2.40. The molecule has 5 nitrogen and oxygen atoms in total. The lowest BCUT2D eigenvalue weighted by atomic mass is 10.0. The highest BCUT2D eigenvalue weighted by atomic mass is 16.3. The fourth-order valence-electron chi connectivity index (χ4n) is 2.59. The third kappa shape index (κ3) is 2.84. The maximum absolute atomic E-state index is 11.9. The predicted molar refractivity (Wildman–Crippen MR) is 62.2 cm³/mol. The first kappa shape index (κ1) is 12.5. The molecule has 2 aliphatic heterocycles. The van der Waals surface area contributed by atoms with Gasteiger partial charge >= 0.3 is 0 Å². The molecule has 2 amide bonds. The molecule has 0 aromatic rings. The molecule has 2 heterocycles. The Kier molecular flexibility index (Phi) is 3.79. The van der Waals surface area contributed by atoms with Gasteiger partial charge in [0.25, 0.3) is 0 Å². The van der Waals surface area contributed by atoms with E-state index in [1.165, 1.54) is 4.90 Å². The molecule has 2 saturated heterocycles. The van der Waals surface area contributed by atoms with E-state index in [1.807, 2.05) is 4.90 Å². The molecule has 0 saturated carbocycles. The Balaban J connectivity index is 1.82. The van der Waals surface area contributed by atoms with Gasteiger partial charge in [-0.25, -0.2) is 0 Å². The van der Waals surface area contributed by atoms with Crippen molar-refractivity contribution in [3.63, 3.8) is 0 Å². The average Bonchev–Trinajstić information content (AvgIpc) is 2.86. The van der Waals surface area contributed by atoms with Crippen LogP contribution < -0.4 is 0 Å². The average molecular weight is 240 g/mol. The van der Waals surface area contributed by atoms with Crippen molar-refractivity contribution in [3.8, 4) is 0 Å². The molecular weight excluding hydrogens is 220 g/mol. The maximum atomic E-state index is 11.9. The largest absolute Gasteiger partial charge is 0.393 e. The number of likely N-dealkylation sites (tertiary alicyclic amines) is 2. The first-order valence-corrected chi connectivity index (χ1v) is 6.31. The van der Waals surface area contributed by atoms with E-state index in [0.29, 0.717) is 19.5 Å². The zero-order valence-corrected chi connectivity index (χ0v) is 10.3. The number of rotatable bonds is 3. The van der Waals surface area contributed by atoms with Gasteiger partial charge < -0.3 is 5.11 Å². The molecule has 17 heavy (non-hydrogen) atoms. The highest BCUT2D eigenvalue weighted by Crippen LogP contribution is 2.20. The summed E-state index contributed by atoms with van der Waals surface area (Å²) < 4.78 is 0. The summed E-state index contributed by atoms with van der Waals surface area (Å²) in [5.41, 5.74) is 0. The summed E-state index contributed by atoms with van der Waals surface area (Å²) in [6.45, 7) is 4.27. The summed E-state index contributed by atoms with van der Waals surface area (Å²) in [5, 5.41) is 9.48. The standard InChI is InChI=1S/C12H20N2O3/c1-9(15)10-4-6-13(7-10)8-12(17)14-5-2-3-11(14)16/h9-10,15H,2-8H2,1H3. The second-order valence-corrected chi connectivity index (χ2v) is 5.07. The molecule has 2 atom stereocenters. The second-order valence-electron chi connectivity index (χ2n) is 5.07. The normalized spacial score (nSPS) is 27.8. The molecule has 5 heteroatoms. The highest BCUT2D eigenvalue weighted by Gasteiger charge is 2.31. The van der Waals surface area contributed by atoms with Gasteiger partial charge in [-0.05, 0) is 32.2 Å². The van der Waals surface area contributed by atoms with Gasteiger partial charge in [-0.1, -0.05) is 0 Å². The third-order valence-electron chi connectivity index (χ3n) is 3.72. The summed E-state index contributed by atoms with van der Waals surface area (Å²) in [7, 11) is 0. The first-order valence-electron chi connectivity index (χ1n) is 6.31. The molecule has 0 spiro atoms. The van der Waals surface area contributed by atoms with Crippen molar-refractivity contribution in [2.75, 3.05) is 26.2 Å². The van der Waals surface area contributed by atoms with Crippen molar-refractivity contribution in [3.05, 3.63) is 0 Å². The molecule has 2 unspecified atom stereocenters. The Bertz CT molecular complexity index is 317. The van der Waals surface area contributed by atoms with E-state index in [0.717, 1.165) is 25.9 Å². The van der Waals surface area contributed by atoms with Crippen molar-refractivity contribution in [1.82, 2.24) is 9.80 Å². The number of hydrogen-bond acceptors (Lipinski definition) is 4. The van der Waals surface area contributed by atoms with E-state index in [9.17, 15) is 14.7 Å². The number of carbonyl (C=O) groups excluding carboxylic acids is 2. The smallest absolute Gasteiger partial charge is 0.243 e. The van der Waals surface area contributed by atoms with Crippen LogP contribution in [0.4, 0.5) is 0 Å². The zero-order chi connectivity index (χ0) is 12.4. The SMILES string of the molecule is CC(O)C1CCN(CC(=O)N2CCCC2=O)C1. The monoisotopic (exact) mass is 240 g/mol. The molecular formula is C12H20N2O3. The topological polar surface area (TPSA) is 60.9 Å².